The summed E-state index contributed by atoms with van der Waals surface area (Å²) in [4.78, 5) is -0.0616. The van der Waals surface area contributed by atoms with E-state index < -0.39 is 32.5 Å². The first-order valence-corrected chi connectivity index (χ1v) is 9.43. The van der Waals surface area contributed by atoms with Crippen molar-refractivity contribution in [3.8, 4) is 0 Å². The zero-order valence-corrected chi connectivity index (χ0v) is 12.6. The first-order valence-electron chi connectivity index (χ1n) is 6.12. The first-order chi connectivity index (χ1) is 9.25. The van der Waals surface area contributed by atoms with Crippen molar-refractivity contribution >= 4 is 19.9 Å². The number of hydrogen-bond donors (Lipinski definition) is 3. The molecule has 1 fully saturated rings. The largest absolute Gasteiger partial charge is 0.390 e. The molecule has 0 radical (unpaired) electrons. The molecule has 0 spiro atoms. The van der Waals surface area contributed by atoms with Crippen LogP contribution >= 0.6 is 0 Å². The summed E-state index contributed by atoms with van der Waals surface area (Å²) in [7, 11) is -6.87. The number of nitrogens with zero attached hydrogens (tertiary/aromatic N) is 1. The Balaban J connectivity index is 2.18. The highest BCUT2D eigenvalue weighted by Crippen LogP contribution is 2.20. The number of aliphatic hydroxyl groups is 1. The Bertz CT molecular complexity index is 678. The number of rotatable bonds is 4. The van der Waals surface area contributed by atoms with Gasteiger partial charge >= 0.3 is 0 Å². The summed E-state index contributed by atoms with van der Waals surface area (Å²) < 4.78 is 49.7. The fourth-order valence-electron chi connectivity index (χ4n) is 2.22. The summed E-state index contributed by atoms with van der Waals surface area (Å²) in [5.74, 6) is -0.0329. The van der Waals surface area contributed by atoms with Gasteiger partial charge in [-0.25, -0.2) is 21.6 Å². The van der Waals surface area contributed by atoms with Crippen LogP contribution in [0.1, 0.15) is 24.2 Å². The minimum Gasteiger partial charge on any atom is -0.390 e. The van der Waals surface area contributed by atoms with Crippen LogP contribution in [0.15, 0.2) is 4.90 Å². The number of aromatic nitrogens is 2. The van der Waals surface area contributed by atoms with Crippen LogP contribution in [0.3, 0.4) is 0 Å². The van der Waals surface area contributed by atoms with Crippen LogP contribution in [0.2, 0.25) is 0 Å². The Morgan fingerprint density at radius 3 is 2.55 bits per heavy atom. The molecule has 1 aromatic rings. The lowest BCUT2D eigenvalue weighted by molar-refractivity contribution is 0.273. The fraction of sp³-hybridized carbons (Fsp3) is 0.700. The normalized spacial score (nSPS) is 20.1. The molecular weight excluding hydrogens is 306 g/mol. The van der Waals surface area contributed by atoms with Gasteiger partial charge < -0.3 is 5.11 Å². The summed E-state index contributed by atoms with van der Waals surface area (Å²) >= 11 is 0. The molecule has 8 nitrogen and oxygen atoms in total. The van der Waals surface area contributed by atoms with Crippen molar-refractivity contribution in [3.63, 3.8) is 0 Å². The second-order valence-corrected chi connectivity index (χ2v) is 8.78. The number of aromatic amines is 1. The molecule has 20 heavy (non-hydrogen) atoms. The van der Waals surface area contributed by atoms with Gasteiger partial charge in [0, 0.05) is 6.04 Å². The molecule has 10 heteroatoms. The molecule has 0 saturated carbocycles. The van der Waals surface area contributed by atoms with E-state index in [1.165, 1.54) is 0 Å². The van der Waals surface area contributed by atoms with Crippen molar-refractivity contribution in [3.05, 3.63) is 11.4 Å². The third-order valence-electron chi connectivity index (χ3n) is 3.26. The van der Waals surface area contributed by atoms with Crippen LogP contribution in [0, 0.1) is 6.92 Å². The van der Waals surface area contributed by atoms with E-state index in [0.717, 1.165) is 0 Å². The van der Waals surface area contributed by atoms with Crippen LogP contribution in [-0.4, -0.2) is 49.7 Å². The third-order valence-corrected chi connectivity index (χ3v) is 6.69. The van der Waals surface area contributed by atoms with E-state index in [0.29, 0.717) is 5.69 Å². The third kappa shape index (κ3) is 3.19. The zero-order chi connectivity index (χ0) is 15.0. The lowest BCUT2D eigenvalue weighted by atomic mass is 10.2. The molecular formula is C10H17N3O5S2. The average Bonchev–Trinajstić information content (AvgIpc) is 2.74. The van der Waals surface area contributed by atoms with Crippen molar-refractivity contribution in [2.24, 2.45) is 0 Å². The summed E-state index contributed by atoms with van der Waals surface area (Å²) in [5, 5.41) is 15.4. The SMILES string of the molecule is Cc1[nH]nc(CO)c1S(=O)(=O)NC1CCS(=O)(=O)CC1. The monoisotopic (exact) mass is 323 g/mol. The molecule has 114 valence electrons. The van der Waals surface area contributed by atoms with Gasteiger partial charge in [-0.05, 0) is 19.8 Å². The van der Waals surface area contributed by atoms with Crippen LogP contribution in [-0.2, 0) is 26.5 Å². The van der Waals surface area contributed by atoms with Crippen LogP contribution in [0.4, 0.5) is 0 Å². The predicted octanol–water partition coefficient (Wildman–Crippen LogP) is -0.934. The summed E-state index contributed by atoms with van der Waals surface area (Å²) in [5.41, 5.74) is 0.392. The number of sulfonamides is 1. The maximum atomic E-state index is 12.3. The van der Waals surface area contributed by atoms with Gasteiger partial charge in [-0.2, -0.15) is 5.10 Å². The van der Waals surface area contributed by atoms with Gasteiger partial charge in [0.25, 0.3) is 0 Å². The smallest absolute Gasteiger partial charge is 0.244 e. The maximum absolute atomic E-state index is 12.3. The topological polar surface area (TPSA) is 129 Å². The minimum absolute atomic E-state index is 0.0165. The van der Waals surface area contributed by atoms with E-state index in [2.05, 4.69) is 14.9 Å². The Morgan fingerprint density at radius 1 is 1.40 bits per heavy atom. The quantitative estimate of drug-likeness (QED) is 0.656. The molecule has 0 aromatic carbocycles. The van der Waals surface area contributed by atoms with Crippen molar-refractivity contribution < 1.29 is 21.9 Å². The van der Waals surface area contributed by atoms with Crippen LogP contribution in [0.5, 0.6) is 0 Å². The molecule has 1 aromatic heterocycles. The predicted molar refractivity (Wildman–Crippen MR) is 71.2 cm³/mol. The average molecular weight is 323 g/mol. The molecule has 1 saturated heterocycles. The van der Waals surface area contributed by atoms with Gasteiger partial charge in [0.05, 0.1) is 23.8 Å². The maximum Gasteiger partial charge on any atom is 0.244 e. The molecule has 2 rings (SSSR count). The van der Waals surface area contributed by atoms with Gasteiger partial charge in [0.15, 0.2) is 0 Å². The van der Waals surface area contributed by atoms with E-state index in [1.54, 1.807) is 6.92 Å². The lowest BCUT2D eigenvalue weighted by Gasteiger charge is -2.22. The molecule has 3 N–H and O–H groups in total. The van der Waals surface area contributed by atoms with E-state index in [9.17, 15) is 16.8 Å². The van der Waals surface area contributed by atoms with Crippen molar-refractivity contribution in [1.29, 1.82) is 0 Å². The second-order valence-electron chi connectivity index (χ2n) is 4.83. The van der Waals surface area contributed by atoms with E-state index in [1.807, 2.05) is 0 Å². The molecule has 0 unspecified atom stereocenters. The van der Waals surface area contributed by atoms with Gasteiger partial charge in [-0.15, -0.1) is 0 Å². The Labute approximate surface area is 117 Å². The Kier molecular flexibility index (Phi) is 4.19. The summed E-state index contributed by atoms with van der Waals surface area (Å²) in [6, 6.07) is -0.413. The number of aryl methyl sites for hydroxylation is 1. The molecule has 0 atom stereocenters. The molecule has 1 aliphatic heterocycles. The highest BCUT2D eigenvalue weighted by molar-refractivity contribution is 7.91. The molecule has 1 aliphatic rings. The lowest BCUT2D eigenvalue weighted by Crippen LogP contribution is -2.41. The minimum atomic E-state index is -3.83. The summed E-state index contributed by atoms with van der Waals surface area (Å²) in [6.45, 7) is 1.06. The molecule has 2 heterocycles. The highest BCUT2D eigenvalue weighted by atomic mass is 32.2. The van der Waals surface area contributed by atoms with Gasteiger partial charge in [-0.3, -0.25) is 5.10 Å². The second kappa shape index (κ2) is 5.43. The number of H-pyrrole nitrogens is 1. The van der Waals surface area contributed by atoms with Gasteiger partial charge in [0.1, 0.15) is 20.4 Å². The van der Waals surface area contributed by atoms with E-state index in [4.69, 9.17) is 5.11 Å². The standard InChI is InChI=1S/C10H17N3O5S2/c1-7-10(9(6-14)12-11-7)20(17,18)13-8-2-4-19(15,16)5-3-8/h8,13-14H,2-6H2,1H3,(H,11,12). The van der Waals surface area contributed by atoms with Crippen LogP contribution < -0.4 is 4.72 Å². The van der Waals surface area contributed by atoms with Crippen molar-refractivity contribution in [2.75, 3.05) is 11.5 Å². The van der Waals surface area contributed by atoms with E-state index in [-0.39, 0.29) is 34.9 Å². The Hall–Kier alpha value is -0.970. The summed E-state index contributed by atoms with van der Waals surface area (Å²) in [6.07, 6.45) is 0.514. The number of aliphatic hydroxyl groups excluding tert-OH is 1. The zero-order valence-electron chi connectivity index (χ0n) is 11.0. The van der Waals surface area contributed by atoms with Crippen LogP contribution in [0.25, 0.3) is 0 Å². The number of nitrogens with one attached hydrogen (secondary N) is 2. The van der Waals surface area contributed by atoms with Gasteiger partial charge in [0.2, 0.25) is 10.0 Å². The number of sulfone groups is 1. The Morgan fingerprint density at radius 2 is 2.00 bits per heavy atom. The first kappa shape index (κ1) is 15.4. The van der Waals surface area contributed by atoms with Crippen molar-refractivity contribution in [1.82, 2.24) is 14.9 Å². The molecule has 0 amide bonds. The molecule has 0 aliphatic carbocycles. The molecule has 0 bridgehead atoms. The highest BCUT2D eigenvalue weighted by Gasteiger charge is 2.30. The fourth-order valence-corrected chi connectivity index (χ4v) is 5.37. The van der Waals surface area contributed by atoms with Crippen molar-refractivity contribution in [2.45, 2.75) is 37.3 Å². The number of hydrogen-bond acceptors (Lipinski definition) is 6. The van der Waals surface area contributed by atoms with Gasteiger partial charge in [-0.1, -0.05) is 0 Å². The van der Waals surface area contributed by atoms with E-state index >= 15 is 0 Å².